The lowest BCUT2D eigenvalue weighted by atomic mass is 10.5. The van der Waals surface area contributed by atoms with Crippen molar-refractivity contribution in [2.45, 2.75) is 11.4 Å². The number of hydrogen-bond donors (Lipinski definition) is 1. The Morgan fingerprint density at radius 1 is 1.67 bits per heavy atom. The first-order valence-electron chi connectivity index (χ1n) is 4.11. The van der Waals surface area contributed by atoms with Gasteiger partial charge >= 0.3 is 5.97 Å². The summed E-state index contributed by atoms with van der Waals surface area (Å²) < 4.78 is 4.50. The Bertz CT molecular complexity index is 341. The SMILES string of the molecule is COC(=O)CCSc1cc(Cl)nc(N)n1. The number of carbonyl (C=O) groups excluding carboxylic acids is 1. The van der Waals surface area contributed by atoms with E-state index in [1.807, 2.05) is 0 Å². The highest BCUT2D eigenvalue weighted by atomic mass is 35.5. The molecule has 0 atom stereocenters. The van der Waals surface area contributed by atoms with E-state index >= 15 is 0 Å². The molecule has 0 saturated carbocycles. The summed E-state index contributed by atoms with van der Waals surface area (Å²) in [4.78, 5) is 18.5. The highest BCUT2D eigenvalue weighted by Gasteiger charge is 2.04. The molecule has 0 radical (unpaired) electrons. The van der Waals surface area contributed by atoms with Crippen molar-refractivity contribution in [1.82, 2.24) is 9.97 Å². The molecule has 5 nitrogen and oxygen atoms in total. The van der Waals surface area contributed by atoms with Crippen molar-refractivity contribution >= 4 is 35.3 Å². The smallest absolute Gasteiger partial charge is 0.306 e. The van der Waals surface area contributed by atoms with Gasteiger partial charge in [-0.1, -0.05) is 11.6 Å². The molecule has 1 aromatic rings. The third kappa shape index (κ3) is 4.35. The first kappa shape index (κ1) is 12.1. The second-order valence-electron chi connectivity index (χ2n) is 2.56. The molecule has 7 heteroatoms. The molecule has 0 bridgehead atoms. The Morgan fingerprint density at radius 2 is 2.40 bits per heavy atom. The fraction of sp³-hybridized carbons (Fsp3) is 0.375. The Hall–Kier alpha value is -1.01. The van der Waals surface area contributed by atoms with Crippen molar-refractivity contribution in [3.8, 4) is 0 Å². The number of carbonyl (C=O) groups is 1. The molecule has 0 fully saturated rings. The molecule has 0 unspecified atom stereocenters. The Labute approximate surface area is 96.4 Å². The van der Waals surface area contributed by atoms with Crippen LogP contribution in [0.5, 0.6) is 0 Å². The van der Waals surface area contributed by atoms with Gasteiger partial charge < -0.3 is 10.5 Å². The predicted molar refractivity (Wildman–Crippen MR) is 58.8 cm³/mol. The summed E-state index contributed by atoms with van der Waals surface area (Å²) in [6.07, 6.45) is 0.322. The van der Waals surface area contributed by atoms with Gasteiger partial charge in [-0.05, 0) is 0 Å². The summed E-state index contributed by atoms with van der Waals surface area (Å²) in [5, 5.41) is 0.944. The van der Waals surface area contributed by atoms with E-state index in [0.29, 0.717) is 22.4 Å². The fourth-order valence-electron chi connectivity index (χ4n) is 0.829. The van der Waals surface area contributed by atoms with Gasteiger partial charge in [-0.15, -0.1) is 11.8 Å². The molecule has 82 valence electrons. The number of ether oxygens (including phenoxy) is 1. The van der Waals surface area contributed by atoms with Gasteiger partial charge in [0.1, 0.15) is 10.2 Å². The minimum atomic E-state index is -0.254. The largest absolute Gasteiger partial charge is 0.469 e. The second-order valence-corrected chi connectivity index (χ2v) is 4.06. The predicted octanol–water partition coefficient (Wildman–Crippen LogP) is 1.37. The van der Waals surface area contributed by atoms with Crippen LogP contribution in [0.2, 0.25) is 5.15 Å². The quantitative estimate of drug-likeness (QED) is 0.492. The molecule has 1 aromatic heterocycles. The summed E-state index contributed by atoms with van der Waals surface area (Å²) in [5.41, 5.74) is 5.41. The van der Waals surface area contributed by atoms with Crippen LogP contribution in [0.25, 0.3) is 0 Å². The first-order valence-corrected chi connectivity index (χ1v) is 5.48. The minimum Gasteiger partial charge on any atom is -0.469 e. The Balaban J connectivity index is 2.47. The molecule has 0 amide bonds. The number of nitrogen functional groups attached to an aromatic ring is 1. The zero-order valence-electron chi connectivity index (χ0n) is 8.07. The molecule has 1 heterocycles. The standard InChI is InChI=1S/C8H10ClN3O2S/c1-14-7(13)2-3-15-6-4-5(9)11-8(10)12-6/h4H,2-3H2,1H3,(H2,10,11,12). The van der Waals surface area contributed by atoms with Gasteiger partial charge in [0, 0.05) is 11.8 Å². The number of halogens is 1. The van der Waals surface area contributed by atoms with Crippen LogP contribution in [-0.4, -0.2) is 28.8 Å². The summed E-state index contributed by atoms with van der Waals surface area (Å²) >= 11 is 7.06. The van der Waals surface area contributed by atoms with E-state index < -0.39 is 0 Å². The summed E-state index contributed by atoms with van der Waals surface area (Å²) in [6.45, 7) is 0. The summed E-state index contributed by atoms with van der Waals surface area (Å²) in [7, 11) is 1.35. The topological polar surface area (TPSA) is 78.1 Å². The van der Waals surface area contributed by atoms with Gasteiger partial charge in [-0.3, -0.25) is 4.79 Å². The number of nitrogens with two attached hydrogens (primary N) is 1. The number of methoxy groups -OCH3 is 1. The highest BCUT2D eigenvalue weighted by Crippen LogP contribution is 2.20. The van der Waals surface area contributed by atoms with E-state index in [2.05, 4.69) is 14.7 Å². The zero-order chi connectivity index (χ0) is 11.3. The van der Waals surface area contributed by atoms with Gasteiger partial charge in [0.05, 0.1) is 13.5 Å². The molecule has 15 heavy (non-hydrogen) atoms. The zero-order valence-corrected chi connectivity index (χ0v) is 9.64. The van der Waals surface area contributed by atoms with Crippen LogP contribution in [0, 0.1) is 0 Å². The molecule has 2 N–H and O–H groups in total. The molecule has 0 aromatic carbocycles. The van der Waals surface area contributed by atoms with Crippen LogP contribution in [0.3, 0.4) is 0 Å². The molecule has 1 rings (SSSR count). The number of hydrogen-bond acceptors (Lipinski definition) is 6. The third-order valence-corrected chi connectivity index (χ3v) is 2.58. The lowest BCUT2D eigenvalue weighted by molar-refractivity contribution is -0.140. The number of esters is 1. The molecule has 0 aliphatic heterocycles. The lowest BCUT2D eigenvalue weighted by Gasteiger charge is -2.01. The van der Waals surface area contributed by atoms with Crippen molar-refractivity contribution in [3.63, 3.8) is 0 Å². The van der Waals surface area contributed by atoms with E-state index in [1.54, 1.807) is 6.07 Å². The van der Waals surface area contributed by atoms with Crippen LogP contribution < -0.4 is 5.73 Å². The van der Waals surface area contributed by atoms with Gasteiger partial charge in [0.15, 0.2) is 0 Å². The maximum absolute atomic E-state index is 10.8. The van der Waals surface area contributed by atoms with Gasteiger partial charge in [-0.25, -0.2) is 9.97 Å². The van der Waals surface area contributed by atoms with Crippen LogP contribution in [0.4, 0.5) is 5.95 Å². The number of rotatable bonds is 4. The average molecular weight is 248 g/mol. The lowest BCUT2D eigenvalue weighted by Crippen LogP contribution is -2.01. The first-order chi connectivity index (χ1) is 7.11. The van der Waals surface area contributed by atoms with Crippen molar-refractivity contribution in [1.29, 1.82) is 0 Å². The molecule has 0 aliphatic rings. The third-order valence-electron chi connectivity index (χ3n) is 1.47. The van der Waals surface area contributed by atoms with Crippen LogP contribution in [0.1, 0.15) is 6.42 Å². The maximum atomic E-state index is 10.8. The number of thioether (sulfide) groups is 1. The van der Waals surface area contributed by atoms with Crippen molar-refractivity contribution < 1.29 is 9.53 Å². The fourth-order valence-corrected chi connectivity index (χ4v) is 1.91. The van der Waals surface area contributed by atoms with Crippen molar-refractivity contribution in [2.75, 3.05) is 18.6 Å². The molecular formula is C8H10ClN3O2S. The van der Waals surface area contributed by atoms with Crippen molar-refractivity contribution in [2.24, 2.45) is 0 Å². The molecule has 0 aliphatic carbocycles. The Kier molecular flexibility index (Phi) is 4.64. The van der Waals surface area contributed by atoms with E-state index in [1.165, 1.54) is 18.9 Å². The van der Waals surface area contributed by atoms with Crippen molar-refractivity contribution in [3.05, 3.63) is 11.2 Å². The van der Waals surface area contributed by atoms with Gasteiger partial charge in [0.2, 0.25) is 5.95 Å². The molecular weight excluding hydrogens is 238 g/mol. The monoisotopic (exact) mass is 247 g/mol. The number of anilines is 1. The van der Waals surface area contributed by atoms with Gasteiger partial charge in [0.25, 0.3) is 0 Å². The number of aromatic nitrogens is 2. The maximum Gasteiger partial charge on any atom is 0.306 e. The normalized spacial score (nSPS) is 10.0. The van der Waals surface area contributed by atoms with E-state index in [-0.39, 0.29) is 11.9 Å². The highest BCUT2D eigenvalue weighted by molar-refractivity contribution is 7.99. The molecule has 0 spiro atoms. The summed E-state index contributed by atoms with van der Waals surface area (Å²) in [6, 6.07) is 1.60. The van der Waals surface area contributed by atoms with E-state index in [4.69, 9.17) is 17.3 Å². The van der Waals surface area contributed by atoms with Crippen LogP contribution in [-0.2, 0) is 9.53 Å². The van der Waals surface area contributed by atoms with E-state index in [9.17, 15) is 4.79 Å². The second kappa shape index (κ2) is 5.77. The Morgan fingerprint density at radius 3 is 3.00 bits per heavy atom. The number of nitrogens with zero attached hydrogens (tertiary/aromatic N) is 2. The summed E-state index contributed by atoms with van der Waals surface area (Å²) in [5.74, 6) is 0.443. The average Bonchev–Trinajstić information content (AvgIpc) is 2.16. The van der Waals surface area contributed by atoms with Gasteiger partial charge in [-0.2, -0.15) is 0 Å². The minimum absolute atomic E-state index is 0.128. The van der Waals surface area contributed by atoms with Crippen LogP contribution >= 0.6 is 23.4 Å². The van der Waals surface area contributed by atoms with Crippen LogP contribution in [0.15, 0.2) is 11.1 Å². The molecule has 0 saturated heterocycles. The van der Waals surface area contributed by atoms with E-state index in [0.717, 1.165) is 0 Å².